The van der Waals surface area contributed by atoms with E-state index in [0.717, 1.165) is 32.8 Å². The molecule has 0 N–H and O–H groups in total. The van der Waals surface area contributed by atoms with Crippen LogP contribution in [0.5, 0.6) is 5.88 Å². The Balaban J connectivity index is 1.74. The van der Waals surface area contributed by atoms with Crippen LogP contribution >= 0.6 is 0 Å². The van der Waals surface area contributed by atoms with Crippen molar-refractivity contribution in [1.29, 1.82) is 0 Å². The van der Waals surface area contributed by atoms with Gasteiger partial charge in [-0.1, -0.05) is 48.5 Å². The Bertz CT molecular complexity index is 1050. The molecule has 1 aromatic heterocycles. The van der Waals surface area contributed by atoms with Crippen LogP contribution in [0.4, 0.5) is 0 Å². The number of carbonyl (C=O) groups is 1. The third kappa shape index (κ3) is 3.44. The van der Waals surface area contributed by atoms with Crippen molar-refractivity contribution in [2.24, 2.45) is 0 Å². The summed E-state index contributed by atoms with van der Waals surface area (Å²) in [5.74, 6) is -0.139. The summed E-state index contributed by atoms with van der Waals surface area (Å²) >= 11 is 0. The van der Waals surface area contributed by atoms with Gasteiger partial charge >= 0.3 is 5.97 Å². The molecule has 134 valence electrons. The van der Waals surface area contributed by atoms with E-state index in [2.05, 4.69) is 40.5 Å². The lowest BCUT2D eigenvalue weighted by Crippen LogP contribution is -2.15. The highest BCUT2D eigenvalue weighted by molar-refractivity contribution is 6.11. The largest absolute Gasteiger partial charge is 0.465 e. The average molecular weight is 358 g/mol. The number of carbonyl (C=O) groups excluding carboxylic acids is 1. The smallest absolute Gasteiger partial charge is 0.344 e. The molecule has 5 heteroatoms. The van der Waals surface area contributed by atoms with Crippen molar-refractivity contribution in [2.75, 3.05) is 13.2 Å². The summed E-state index contributed by atoms with van der Waals surface area (Å²) in [6.45, 7) is 1.89. The van der Waals surface area contributed by atoms with E-state index < -0.39 is 5.97 Å². The average Bonchev–Trinajstić information content (AvgIpc) is 2.71. The Morgan fingerprint density at radius 2 is 1.56 bits per heavy atom. The summed E-state index contributed by atoms with van der Waals surface area (Å²) in [5, 5.41) is 13.0. The SMILES string of the molecule is CCOC(=O)COc1ccc(-c2c3ccccc3cc3ccccc23)nn1. The molecule has 0 saturated heterocycles. The van der Waals surface area contributed by atoms with Crippen molar-refractivity contribution < 1.29 is 14.3 Å². The molecule has 27 heavy (non-hydrogen) atoms. The molecule has 0 unspecified atom stereocenters. The van der Waals surface area contributed by atoms with Crippen LogP contribution in [0.1, 0.15) is 6.92 Å². The minimum Gasteiger partial charge on any atom is -0.465 e. The summed E-state index contributed by atoms with van der Waals surface area (Å²) in [6.07, 6.45) is 0. The summed E-state index contributed by atoms with van der Waals surface area (Å²) in [6, 6.07) is 22.2. The van der Waals surface area contributed by atoms with Crippen molar-refractivity contribution in [3.8, 4) is 17.1 Å². The second-order valence-electron chi connectivity index (χ2n) is 6.04. The molecule has 0 aliphatic rings. The van der Waals surface area contributed by atoms with Gasteiger partial charge in [-0.25, -0.2) is 4.79 Å². The van der Waals surface area contributed by atoms with E-state index in [-0.39, 0.29) is 12.5 Å². The van der Waals surface area contributed by atoms with Gasteiger partial charge in [0, 0.05) is 11.6 Å². The molecule has 0 spiro atoms. The topological polar surface area (TPSA) is 61.3 Å². The first-order valence-corrected chi connectivity index (χ1v) is 8.79. The van der Waals surface area contributed by atoms with Crippen molar-refractivity contribution in [3.63, 3.8) is 0 Å². The van der Waals surface area contributed by atoms with Gasteiger partial charge < -0.3 is 9.47 Å². The van der Waals surface area contributed by atoms with Crippen molar-refractivity contribution >= 4 is 27.5 Å². The second-order valence-corrected chi connectivity index (χ2v) is 6.04. The number of hydrogen-bond acceptors (Lipinski definition) is 5. The Hall–Kier alpha value is -3.47. The van der Waals surface area contributed by atoms with Crippen LogP contribution in [0.25, 0.3) is 32.8 Å². The van der Waals surface area contributed by atoms with Crippen LogP contribution in [0.3, 0.4) is 0 Å². The maximum absolute atomic E-state index is 11.4. The Kier molecular flexibility index (Phi) is 4.66. The number of aromatic nitrogens is 2. The standard InChI is InChI=1S/C22H18N2O3/c1-2-26-21(25)14-27-20-12-11-19(23-24-20)22-17-9-5-3-7-15(17)13-16-8-4-6-10-18(16)22/h3-13H,2,14H2,1H3. The van der Waals surface area contributed by atoms with E-state index in [4.69, 9.17) is 9.47 Å². The molecule has 0 radical (unpaired) electrons. The zero-order valence-electron chi connectivity index (χ0n) is 14.9. The molecule has 0 bridgehead atoms. The third-order valence-electron chi connectivity index (χ3n) is 4.31. The van der Waals surface area contributed by atoms with Gasteiger partial charge in [-0.15, -0.1) is 10.2 Å². The summed E-state index contributed by atoms with van der Waals surface area (Å²) in [5.41, 5.74) is 1.79. The minimum atomic E-state index is -0.427. The zero-order valence-corrected chi connectivity index (χ0v) is 14.9. The normalized spacial score (nSPS) is 10.9. The van der Waals surface area contributed by atoms with E-state index in [1.807, 2.05) is 30.3 Å². The molecule has 4 rings (SSSR count). The molecule has 0 saturated carbocycles. The van der Waals surface area contributed by atoms with Gasteiger partial charge in [-0.05, 0) is 40.6 Å². The highest BCUT2D eigenvalue weighted by Gasteiger charge is 2.12. The Morgan fingerprint density at radius 3 is 2.15 bits per heavy atom. The first kappa shape index (κ1) is 17.0. The predicted octanol–water partition coefficient (Wildman–Crippen LogP) is 4.39. The van der Waals surface area contributed by atoms with Gasteiger partial charge in [0.2, 0.25) is 5.88 Å². The van der Waals surface area contributed by atoms with Crippen LogP contribution in [0.15, 0.2) is 66.7 Å². The number of esters is 1. The fraction of sp³-hybridized carbons (Fsp3) is 0.136. The van der Waals surface area contributed by atoms with Gasteiger partial charge in [0.25, 0.3) is 0 Å². The van der Waals surface area contributed by atoms with E-state index in [1.54, 1.807) is 13.0 Å². The summed E-state index contributed by atoms with van der Waals surface area (Å²) in [7, 11) is 0. The van der Waals surface area contributed by atoms with Gasteiger partial charge in [0.05, 0.1) is 12.3 Å². The number of benzene rings is 3. The third-order valence-corrected chi connectivity index (χ3v) is 4.31. The summed E-state index contributed by atoms with van der Waals surface area (Å²) in [4.78, 5) is 11.4. The molecular weight excluding hydrogens is 340 g/mol. The molecule has 0 aliphatic carbocycles. The van der Waals surface area contributed by atoms with Crippen molar-refractivity contribution in [3.05, 3.63) is 66.7 Å². The van der Waals surface area contributed by atoms with E-state index in [9.17, 15) is 4.79 Å². The fourth-order valence-electron chi connectivity index (χ4n) is 3.16. The predicted molar refractivity (Wildman–Crippen MR) is 105 cm³/mol. The van der Waals surface area contributed by atoms with Crippen LogP contribution in [-0.4, -0.2) is 29.4 Å². The number of rotatable bonds is 5. The van der Waals surface area contributed by atoms with Crippen molar-refractivity contribution in [1.82, 2.24) is 10.2 Å². The molecule has 4 aromatic rings. The number of nitrogens with zero attached hydrogens (tertiary/aromatic N) is 2. The molecule has 1 heterocycles. The van der Waals surface area contributed by atoms with E-state index in [1.165, 1.54) is 0 Å². The highest BCUT2D eigenvalue weighted by atomic mass is 16.6. The van der Waals surface area contributed by atoms with Gasteiger partial charge in [0.15, 0.2) is 6.61 Å². The molecule has 3 aromatic carbocycles. The molecule has 0 amide bonds. The Labute approximate surface area is 156 Å². The van der Waals surface area contributed by atoms with Crippen LogP contribution in [-0.2, 0) is 9.53 Å². The van der Waals surface area contributed by atoms with E-state index >= 15 is 0 Å². The lowest BCUT2D eigenvalue weighted by atomic mass is 9.95. The first-order chi connectivity index (χ1) is 13.3. The van der Waals surface area contributed by atoms with Crippen LogP contribution in [0, 0.1) is 0 Å². The quantitative estimate of drug-likeness (QED) is 0.391. The molecule has 5 nitrogen and oxygen atoms in total. The minimum absolute atomic E-state index is 0.181. The fourth-order valence-corrected chi connectivity index (χ4v) is 3.16. The first-order valence-electron chi connectivity index (χ1n) is 8.79. The molecule has 0 fully saturated rings. The zero-order chi connectivity index (χ0) is 18.6. The van der Waals surface area contributed by atoms with Gasteiger partial charge in [-0.3, -0.25) is 0 Å². The van der Waals surface area contributed by atoms with Crippen LogP contribution < -0.4 is 4.74 Å². The van der Waals surface area contributed by atoms with Gasteiger partial charge in [-0.2, -0.15) is 0 Å². The number of fused-ring (bicyclic) bond motifs is 2. The van der Waals surface area contributed by atoms with Crippen molar-refractivity contribution in [2.45, 2.75) is 6.92 Å². The highest BCUT2D eigenvalue weighted by Crippen LogP contribution is 2.35. The summed E-state index contributed by atoms with van der Waals surface area (Å²) < 4.78 is 10.2. The lowest BCUT2D eigenvalue weighted by Gasteiger charge is -2.11. The van der Waals surface area contributed by atoms with Crippen LogP contribution in [0.2, 0.25) is 0 Å². The van der Waals surface area contributed by atoms with Gasteiger partial charge in [0.1, 0.15) is 0 Å². The van der Waals surface area contributed by atoms with E-state index in [0.29, 0.717) is 6.61 Å². The molecular formula is C22H18N2O3. The number of ether oxygens (including phenoxy) is 2. The Morgan fingerprint density at radius 1 is 0.889 bits per heavy atom. The second kappa shape index (κ2) is 7.41. The monoisotopic (exact) mass is 358 g/mol. The number of hydrogen-bond donors (Lipinski definition) is 0. The maximum Gasteiger partial charge on any atom is 0.344 e. The lowest BCUT2D eigenvalue weighted by molar-refractivity contribution is -0.145. The maximum atomic E-state index is 11.4. The molecule has 0 aliphatic heterocycles. The molecule has 0 atom stereocenters.